The number of anilines is 3. The number of likely N-dealkylation sites (N-methyl/N-ethyl adjacent to an activating group) is 1. The number of hydrogen-bond acceptors (Lipinski definition) is 6. The van der Waals surface area contributed by atoms with Crippen molar-refractivity contribution in [2.24, 2.45) is 0 Å². The summed E-state index contributed by atoms with van der Waals surface area (Å²) in [5.74, 6) is 1.31. The monoisotopic (exact) mass is 508 g/mol. The Morgan fingerprint density at radius 1 is 0.895 bits per heavy atom. The van der Waals surface area contributed by atoms with Gasteiger partial charge in [-0.05, 0) is 67.1 Å². The third-order valence-corrected chi connectivity index (χ3v) is 6.40. The highest BCUT2D eigenvalue weighted by Gasteiger charge is 2.29. The van der Waals surface area contributed by atoms with E-state index in [1.807, 2.05) is 54.6 Å². The Morgan fingerprint density at radius 3 is 2.21 bits per heavy atom. The summed E-state index contributed by atoms with van der Waals surface area (Å²) < 4.78 is 5.78. The van der Waals surface area contributed by atoms with Crippen LogP contribution in [0.25, 0.3) is 0 Å². The smallest absolute Gasteiger partial charge is 0.323 e. The molecule has 1 saturated heterocycles. The lowest BCUT2D eigenvalue weighted by atomic mass is 10.2. The first-order valence-electron chi connectivity index (χ1n) is 12.3. The first kappa shape index (κ1) is 24.8. The van der Waals surface area contributed by atoms with Gasteiger partial charge in [-0.1, -0.05) is 18.2 Å². The molecule has 38 heavy (non-hydrogen) atoms. The molecule has 1 unspecified atom stereocenters. The van der Waals surface area contributed by atoms with E-state index in [4.69, 9.17) is 4.74 Å². The molecule has 0 radical (unpaired) electrons. The molecule has 1 aliphatic heterocycles. The van der Waals surface area contributed by atoms with Gasteiger partial charge in [0.15, 0.2) is 0 Å². The molecule has 192 valence electrons. The Labute approximate surface area is 221 Å². The summed E-state index contributed by atoms with van der Waals surface area (Å²) in [7, 11) is 1.81. The molecule has 5 rings (SSSR count). The number of urea groups is 1. The number of nitrogens with zero attached hydrogens (tertiary/aromatic N) is 4. The molecule has 0 spiro atoms. The second kappa shape index (κ2) is 11.4. The quantitative estimate of drug-likeness (QED) is 0.353. The van der Waals surface area contributed by atoms with Gasteiger partial charge in [-0.3, -0.25) is 9.78 Å². The lowest BCUT2D eigenvalue weighted by molar-refractivity contribution is 0.0738. The van der Waals surface area contributed by atoms with Gasteiger partial charge in [0.2, 0.25) is 0 Å². The molecule has 0 bridgehead atoms. The average Bonchev–Trinajstić information content (AvgIpc) is 3.45. The molecule has 1 aromatic heterocycles. The second-order valence-electron chi connectivity index (χ2n) is 8.96. The van der Waals surface area contributed by atoms with E-state index in [9.17, 15) is 9.59 Å². The minimum atomic E-state index is -0.333. The minimum absolute atomic E-state index is 0.0811. The number of aromatic nitrogens is 2. The number of rotatable bonds is 7. The summed E-state index contributed by atoms with van der Waals surface area (Å²) in [6.45, 7) is 1.56. The molecule has 3 amide bonds. The highest BCUT2D eigenvalue weighted by atomic mass is 16.5. The van der Waals surface area contributed by atoms with Crippen molar-refractivity contribution in [2.75, 3.05) is 35.7 Å². The topological polar surface area (TPSA) is 99.7 Å². The summed E-state index contributed by atoms with van der Waals surface area (Å²) >= 11 is 0. The summed E-state index contributed by atoms with van der Waals surface area (Å²) in [6.07, 6.45) is 5.43. The van der Waals surface area contributed by atoms with Crippen molar-refractivity contribution in [1.29, 1.82) is 0 Å². The molecule has 0 saturated carbocycles. The largest absolute Gasteiger partial charge is 0.457 e. The van der Waals surface area contributed by atoms with Gasteiger partial charge in [0.05, 0.1) is 12.2 Å². The standard InChI is InChI=1S/C29H28N6O3/c1-34(28(36)27-19-30-16-17-31-27)24-15-18-35(20-24)23-11-7-21(8-12-23)32-29(37)33-22-9-13-26(14-10-22)38-25-5-3-2-4-6-25/h2-14,16-17,19,24H,15,18,20H2,1H3,(H2,32,33,37). The second-order valence-corrected chi connectivity index (χ2v) is 8.96. The molecule has 4 aromatic rings. The number of carbonyl (C=O) groups excluding carboxylic acids is 2. The predicted octanol–water partition coefficient (Wildman–Crippen LogP) is 5.26. The average molecular weight is 509 g/mol. The van der Waals surface area contributed by atoms with Gasteiger partial charge in [0.25, 0.3) is 5.91 Å². The van der Waals surface area contributed by atoms with E-state index in [0.717, 1.165) is 30.9 Å². The van der Waals surface area contributed by atoms with Crippen molar-refractivity contribution < 1.29 is 14.3 Å². The van der Waals surface area contributed by atoms with Crippen LogP contribution < -0.4 is 20.3 Å². The summed E-state index contributed by atoms with van der Waals surface area (Å²) in [4.78, 5) is 37.3. The number of ether oxygens (including phenoxy) is 1. The molecular weight excluding hydrogens is 480 g/mol. The van der Waals surface area contributed by atoms with Crippen LogP contribution >= 0.6 is 0 Å². The van der Waals surface area contributed by atoms with Crippen LogP contribution in [0.4, 0.5) is 21.9 Å². The number of para-hydroxylation sites is 1. The Balaban J connectivity index is 1.11. The van der Waals surface area contributed by atoms with Crippen molar-refractivity contribution >= 4 is 29.0 Å². The summed E-state index contributed by atoms with van der Waals surface area (Å²) in [5, 5.41) is 5.69. The molecule has 0 aliphatic carbocycles. The molecule has 1 aliphatic rings. The first-order valence-corrected chi connectivity index (χ1v) is 12.3. The van der Waals surface area contributed by atoms with Crippen LogP contribution in [0, 0.1) is 0 Å². The molecular formula is C29H28N6O3. The SMILES string of the molecule is CN(C(=O)c1cnccn1)C1CCN(c2ccc(NC(=O)Nc3ccc(Oc4ccccc4)cc3)cc2)C1. The zero-order chi connectivity index (χ0) is 26.3. The van der Waals surface area contributed by atoms with Crippen LogP contribution in [-0.4, -0.2) is 53.0 Å². The molecule has 9 nitrogen and oxygen atoms in total. The van der Waals surface area contributed by atoms with E-state index in [-0.39, 0.29) is 18.0 Å². The van der Waals surface area contributed by atoms with E-state index in [2.05, 4.69) is 25.5 Å². The third-order valence-electron chi connectivity index (χ3n) is 6.40. The van der Waals surface area contributed by atoms with Gasteiger partial charge >= 0.3 is 6.03 Å². The van der Waals surface area contributed by atoms with Gasteiger partial charge in [-0.15, -0.1) is 0 Å². The zero-order valence-corrected chi connectivity index (χ0v) is 20.9. The van der Waals surface area contributed by atoms with Gasteiger partial charge in [-0.2, -0.15) is 0 Å². The van der Waals surface area contributed by atoms with Crippen molar-refractivity contribution in [3.8, 4) is 11.5 Å². The van der Waals surface area contributed by atoms with Crippen LogP contribution in [0.2, 0.25) is 0 Å². The van der Waals surface area contributed by atoms with E-state index in [1.54, 1.807) is 42.4 Å². The van der Waals surface area contributed by atoms with Gasteiger partial charge < -0.3 is 25.2 Å². The number of nitrogens with one attached hydrogen (secondary N) is 2. The molecule has 2 heterocycles. The van der Waals surface area contributed by atoms with E-state index in [1.165, 1.54) is 12.4 Å². The lowest BCUT2D eigenvalue weighted by Gasteiger charge is -2.25. The molecule has 1 fully saturated rings. The van der Waals surface area contributed by atoms with Gasteiger partial charge in [-0.25, -0.2) is 9.78 Å². The molecule has 1 atom stereocenters. The number of carbonyl (C=O) groups is 2. The third kappa shape index (κ3) is 6.07. The fourth-order valence-corrected chi connectivity index (χ4v) is 4.33. The maximum Gasteiger partial charge on any atom is 0.323 e. The van der Waals surface area contributed by atoms with Crippen LogP contribution in [0.3, 0.4) is 0 Å². The maximum absolute atomic E-state index is 12.7. The van der Waals surface area contributed by atoms with Crippen molar-refractivity contribution in [1.82, 2.24) is 14.9 Å². The Hall–Kier alpha value is -4.92. The Kier molecular flexibility index (Phi) is 7.44. The van der Waals surface area contributed by atoms with E-state index >= 15 is 0 Å². The number of amides is 3. The molecule has 9 heteroatoms. The zero-order valence-electron chi connectivity index (χ0n) is 20.9. The fourth-order valence-electron chi connectivity index (χ4n) is 4.33. The lowest BCUT2D eigenvalue weighted by Crippen LogP contribution is -2.39. The highest BCUT2D eigenvalue weighted by Crippen LogP contribution is 2.26. The first-order chi connectivity index (χ1) is 18.5. The van der Waals surface area contributed by atoms with Crippen LogP contribution in [0.5, 0.6) is 11.5 Å². The van der Waals surface area contributed by atoms with Crippen molar-refractivity contribution in [3.63, 3.8) is 0 Å². The van der Waals surface area contributed by atoms with Gasteiger partial charge in [0, 0.05) is 49.6 Å². The summed E-state index contributed by atoms with van der Waals surface area (Å²) in [5.41, 5.74) is 2.72. The fraction of sp³-hybridized carbons (Fsp3) is 0.172. The van der Waals surface area contributed by atoms with E-state index in [0.29, 0.717) is 22.8 Å². The Morgan fingerprint density at radius 2 is 1.55 bits per heavy atom. The van der Waals surface area contributed by atoms with Gasteiger partial charge in [0.1, 0.15) is 17.2 Å². The van der Waals surface area contributed by atoms with Crippen molar-refractivity contribution in [3.05, 3.63) is 103 Å². The van der Waals surface area contributed by atoms with Crippen LogP contribution in [0.1, 0.15) is 16.9 Å². The van der Waals surface area contributed by atoms with Crippen molar-refractivity contribution in [2.45, 2.75) is 12.5 Å². The number of hydrogen-bond donors (Lipinski definition) is 2. The maximum atomic E-state index is 12.7. The molecule has 3 aromatic carbocycles. The highest BCUT2D eigenvalue weighted by molar-refractivity contribution is 5.99. The van der Waals surface area contributed by atoms with Crippen LogP contribution in [-0.2, 0) is 0 Å². The van der Waals surface area contributed by atoms with Crippen LogP contribution in [0.15, 0.2) is 97.5 Å². The number of benzene rings is 3. The minimum Gasteiger partial charge on any atom is -0.457 e. The normalized spacial score (nSPS) is 14.6. The molecule has 2 N–H and O–H groups in total. The summed E-state index contributed by atoms with van der Waals surface area (Å²) in [6, 6.07) is 24.1. The predicted molar refractivity (Wildman–Crippen MR) is 147 cm³/mol. The van der Waals surface area contributed by atoms with E-state index < -0.39 is 0 Å². The Bertz CT molecular complexity index is 1370.